The molecule has 1 rings (SSSR count). The summed E-state index contributed by atoms with van der Waals surface area (Å²) in [7, 11) is 0. The number of rotatable bonds is 7. The Morgan fingerprint density at radius 3 is 2.47 bits per heavy atom. The Kier molecular flexibility index (Phi) is 5.16. The van der Waals surface area contributed by atoms with E-state index < -0.39 is 11.6 Å². The van der Waals surface area contributed by atoms with Crippen LogP contribution in [0, 0.1) is 0 Å². The van der Waals surface area contributed by atoms with Crippen molar-refractivity contribution >= 4 is 5.97 Å². The average Bonchev–Trinajstić information content (AvgIpc) is 2.30. The molecule has 3 nitrogen and oxygen atoms in total. The van der Waals surface area contributed by atoms with Crippen LogP contribution in [0.15, 0.2) is 30.3 Å². The largest absolute Gasteiger partial charge is 0.481 e. The van der Waals surface area contributed by atoms with Crippen molar-refractivity contribution in [2.24, 2.45) is 0 Å². The molecule has 17 heavy (non-hydrogen) atoms. The van der Waals surface area contributed by atoms with Crippen LogP contribution >= 0.6 is 0 Å². The van der Waals surface area contributed by atoms with Gasteiger partial charge in [0.1, 0.15) is 0 Å². The van der Waals surface area contributed by atoms with Crippen molar-refractivity contribution in [2.75, 3.05) is 0 Å². The standard InChI is InChI=1S/C14H20O3/c1-2-14(17,10-6-9-13(15)16)11-12-7-4-3-5-8-12/h3-5,7-8,17H,2,6,9-11H2,1H3,(H,15,16). The molecule has 0 aromatic heterocycles. The molecule has 0 spiro atoms. The summed E-state index contributed by atoms with van der Waals surface area (Å²) in [5, 5.41) is 19.0. The molecule has 0 saturated carbocycles. The molecule has 0 aliphatic rings. The van der Waals surface area contributed by atoms with Crippen LogP contribution in [0.4, 0.5) is 0 Å². The molecule has 1 aromatic carbocycles. The summed E-state index contributed by atoms with van der Waals surface area (Å²) in [6.45, 7) is 1.93. The molecular formula is C14H20O3. The minimum Gasteiger partial charge on any atom is -0.481 e. The molecule has 3 heteroatoms. The lowest BCUT2D eigenvalue weighted by molar-refractivity contribution is -0.137. The van der Waals surface area contributed by atoms with Crippen LogP contribution in [-0.4, -0.2) is 21.8 Å². The number of benzene rings is 1. The molecule has 0 bridgehead atoms. The summed E-state index contributed by atoms with van der Waals surface area (Å²) in [5.41, 5.74) is 0.309. The Balaban J connectivity index is 2.53. The van der Waals surface area contributed by atoms with Gasteiger partial charge >= 0.3 is 5.97 Å². The average molecular weight is 236 g/mol. The highest BCUT2D eigenvalue weighted by Crippen LogP contribution is 2.23. The van der Waals surface area contributed by atoms with Crippen LogP contribution in [-0.2, 0) is 11.2 Å². The van der Waals surface area contributed by atoms with Gasteiger partial charge in [0.25, 0.3) is 0 Å². The highest BCUT2D eigenvalue weighted by molar-refractivity contribution is 5.66. The fraction of sp³-hybridized carbons (Fsp3) is 0.500. The molecule has 0 aliphatic carbocycles. The van der Waals surface area contributed by atoms with Crippen LogP contribution < -0.4 is 0 Å². The third kappa shape index (κ3) is 5.00. The van der Waals surface area contributed by atoms with Gasteiger partial charge in [0.05, 0.1) is 5.60 Å². The fourth-order valence-electron chi connectivity index (χ4n) is 1.93. The maximum Gasteiger partial charge on any atom is 0.303 e. The molecule has 0 fully saturated rings. The van der Waals surface area contributed by atoms with Gasteiger partial charge in [0.2, 0.25) is 0 Å². The van der Waals surface area contributed by atoms with Crippen molar-refractivity contribution < 1.29 is 15.0 Å². The monoisotopic (exact) mass is 236 g/mol. The van der Waals surface area contributed by atoms with Gasteiger partial charge in [-0.15, -0.1) is 0 Å². The molecule has 2 N–H and O–H groups in total. The summed E-state index contributed by atoms with van der Waals surface area (Å²) >= 11 is 0. The first-order valence-electron chi connectivity index (χ1n) is 6.04. The van der Waals surface area contributed by atoms with Crippen molar-refractivity contribution in [3.63, 3.8) is 0 Å². The molecule has 1 aromatic rings. The maximum atomic E-state index is 10.5. The van der Waals surface area contributed by atoms with Crippen LogP contribution in [0.25, 0.3) is 0 Å². The number of carboxylic acid groups (broad SMARTS) is 1. The molecule has 0 aliphatic heterocycles. The third-order valence-corrected chi connectivity index (χ3v) is 3.07. The summed E-state index contributed by atoms with van der Waals surface area (Å²) < 4.78 is 0. The van der Waals surface area contributed by atoms with Gasteiger partial charge in [-0.1, -0.05) is 37.3 Å². The van der Waals surface area contributed by atoms with Gasteiger partial charge in [-0.2, -0.15) is 0 Å². The zero-order chi connectivity index (χ0) is 12.7. The lowest BCUT2D eigenvalue weighted by Crippen LogP contribution is -2.30. The number of aliphatic hydroxyl groups is 1. The van der Waals surface area contributed by atoms with Crippen LogP contribution in [0.5, 0.6) is 0 Å². The lowest BCUT2D eigenvalue weighted by atomic mass is 9.87. The minimum absolute atomic E-state index is 0.122. The molecule has 1 unspecified atom stereocenters. The van der Waals surface area contributed by atoms with Crippen molar-refractivity contribution in [3.8, 4) is 0 Å². The second kappa shape index (κ2) is 6.40. The Hall–Kier alpha value is -1.35. The van der Waals surface area contributed by atoms with Gasteiger partial charge in [-0.05, 0) is 24.8 Å². The Morgan fingerprint density at radius 1 is 1.29 bits per heavy atom. The van der Waals surface area contributed by atoms with E-state index in [0.717, 1.165) is 5.56 Å². The van der Waals surface area contributed by atoms with E-state index in [1.807, 2.05) is 37.3 Å². The molecule has 94 valence electrons. The number of aliphatic carboxylic acids is 1. The molecular weight excluding hydrogens is 216 g/mol. The predicted molar refractivity (Wildman–Crippen MR) is 66.9 cm³/mol. The third-order valence-electron chi connectivity index (χ3n) is 3.07. The first kappa shape index (κ1) is 13.7. The van der Waals surface area contributed by atoms with Gasteiger partial charge in [-0.3, -0.25) is 4.79 Å². The quantitative estimate of drug-likeness (QED) is 0.765. The first-order chi connectivity index (χ1) is 8.06. The Bertz CT molecular complexity index is 348. The summed E-state index contributed by atoms with van der Waals surface area (Å²) in [5.74, 6) is -0.803. The number of carbonyl (C=O) groups is 1. The van der Waals surface area contributed by atoms with E-state index in [2.05, 4.69) is 0 Å². The number of hydrogen-bond acceptors (Lipinski definition) is 2. The van der Waals surface area contributed by atoms with E-state index in [1.54, 1.807) is 0 Å². The van der Waals surface area contributed by atoms with Crippen molar-refractivity contribution in [2.45, 2.75) is 44.6 Å². The highest BCUT2D eigenvalue weighted by Gasteiger charge is 2.24. The van der Waals surface area contributed by atoms with Crippen molar-refractivity contribution in [1.29, 1.82) is 0 Å². The van der Waals surface area contributed by atoms with Crippen molar-refractivity contribution in [3.05, 3.63) is 35.9 Å². The molecule has 0 amide bonds. The summed E-state index contributed by atoms with van der Waals surface area (Å²) in [6, 6.07) is 9.81. The zero-order valence-corrected chi connectivity index (χ0v) is 10.2. The Labute approximate surface area is 102 Å². The summed E-state index contributed by atoms with van der Waals surface area (Å²) in [6.07, 6.45) is 2.40. The maximum absolute atomic E-state index is 10.5. The van der Waals surface area contributed by atoms with Crippen LogP contribution in [0.1, 0.15) is 38.2 Å². The number of hydrogen-bond donors (Lipinski definition) is 2. The fourth-order valence-corrected chi connectivity index (χ4v) is 1.93. The van der Waals surface area contributed by atoms with Gasteiger partial charge in [-0.25, -0.2) is 0 Å². The van der Waals surface area contributed by atoms with Gasteiger partial charge in [0, 0.05) is 12.8 Å². The minimum atomic E-state index is -0.803. The van der Waals surface area contributed by atoms with Crippen LogP contribution in [0.3, 0.4) is 0 Å². The lowest BCUT2D eigenvalue weighted by Gasteiger charge is -2.26. The second-order valence-electron chi connectivity index (χ2n) is 4.49. The van der Waals surface area contributed by atoms with Crippen molar-refractivity contribution in [1.82, 2.24) is 0 Å². The van der Waals surface area contributed by atoms with E-state index in [4.69, 9.17) is 5.11 Å². The molecule has 0 radical (unpaired) electrons. The van der Waals surface area contributed by atoms with E-state index in [9.17, 15) is 9.90 Å². The highest BCUT2D eigenvalue weighted by atomic mass is 16.4. The molecule has 1 atom stereocenters. The smallest absolute Gasteiger partial charge is 0.303 e. The van der Waals surface area contributed by atoms with Gasteiger partial charge in [0.15, 0.2) is 0 Å². The van der Waals surface area contributed by atoms with E-state index >= 15 is 0 Å². The zero-order valence-electron chi connectivity index (χ0n) is 10.2. The number of carboxylic acids is 1. The van der Waals surface area contributed by atoms with E-state index in [1.165, 1.54) is 0 Å². The predicted octanol–water partition coefficient (Wildman–Crippen LogP) is 2.63. The van der Waals surface area contributed by atoms with Gasteiger partial charge < -0.3 is 10.2 Å². The van der Waals surface area contributed by atoms with E-state index in [0.29, 0.717) is 25.7 Å². The summed E-state index contributed by atoms with van der Waals surface area (Å²) in [4.78, 5) is 10.5. The molecule has 0 heterocycles. The first-order valence-corrected chi connectivity index (χ1v) is 6.04. The van der Waals surface area contributed by atoms with Crippen LogP contribution in [0.2, 0.25) is 0 Å². The second-order valence-corrected chi connectivity index (χ2v) is 4.49. The topological polar surface area (TPSA) is 57.5 Å². The normalized spacial score (nSPS) is 14.2. The van der Waals surface area contributed by atoms with E-state index in [-0.39, 0.29) is 6.42 Å². The SMILES string of the molecule is CCC(O)(CCCC(=O)O)Cc1ccccc1. The Morgan fingerprint density at radius 2 is 1.94 bits per heavy atom. The molecule has 0 saturated heterocycles.